The van der Waals surface area contributed by atoms with Gasteiger partial charge in [0, 0.05) is 24.5 Å². The SMILES string of the molecule is CCCCC(C)C(=O)NC1C(N)C2CCOC21. The predicted molar refractivity (Wildman–Crippen MR) is 66.4 cm³/mol. The van der Waals surface area contributed by atoms with Crippen molar-refractivity contribution in [3.8, 4) is 0 Å². The van der Waals surface area contributed by atoms with Gasteiger partial charge in [-0.05, 0) is 12.8 Å². The first-order valence-electron chi connectivity index (χ1n) is 6.82. The summed E-state index contributed by atoms with van der Waals surface area (Å²) < 4.78 is 5.60. The zero-order valence-corrected chi connectivity index (χ0v) is 10.8. The number of nitrogens with one attached hydrogen (secondary N) is 1. The van der Waals surface area contributed by atoms with Crippen molar-refractivity contribution < 1.29 is 9.53 Å². The highest BCUT2D eigenvalue weighted by molar-refractivity contribution is 5.78. The Hall–Kier alpha value is -0.610. The highest BCUT2D eigenvalue weighted by atomic mass is 16.5. The Labute approximate surface area is 103 Å². The van der Waals surface area contributed by atoms with Gasteiger partial charge in [0.15, 0.2) is 0 Å². The summed E-state index contributed by atoms with van der Waals surface area (Å²) in [4.78, 5) is 12.0. The summed E-state index contributed by atoms with van der Waals surface area (Å²) in [5.41, 5.74) is 6.06. The van der Waals surface area contributed by atoms with Crippen LogP contribution in [0.3, 0.4) is 0 Å². The van der Waals surface area contributed by atoms with E-state index in [1.807, 2.05) is 6.92 Å². The maximum Gasteiger partial charge on any atom is 0.223 e. The van der Waals surface area contributed by atoms with E-state index in [4.69, 9.17) is 10.5 Å². The van der Waals surface area contributed by atoms with Gasteiger partial charge in [0.05, 0.1) is 12.1 Å². The van der Waals surface area contributed by atoms with Crippen LogP contribution in [-0.4, -0.2) is 30.7 Å². The Morgan fingerprint density at radius 1 is 1.59 bits per heavy atom. The fourth-order valence-corrected chi connectivity index (χ4v) is 2.88. The van der Waals surface area contributed by atoms with Crippen LogP contribution in [0.2, 0.25) is 0 Å². The number of hydrogen-bond donors (Lipinski definition) is 2. The number of carbonyl (C=O) groups excluding carboxylic acids is 1. The molecule has 17 heavy (non-hydrogen) atoms. The minimum atomic E-state index is 0.0408. The first-order chi connectivity index (χ1) is 8.15. The molecule has 1 saturated heterocycles. The fourth-order valence-electron chi connectivity index (χ4n) is 2.88. The molecule has 4 heteroatoms. The van der Waals surface area contributed by atoms with E-state index >= 15 is 0 Å². The third-order valence-corrected chi connectivity index (χ3v) is 4.19. The Balaban J connectivity index is 1.79. The van der Waals surface area contributed by atoms with Crippen LogP contribution in [0.5, 0.6) is 0 Å². The largest absolute Gasteiger partial charge is 0.376 e. The van der Waals surface area contributed by atoms with Crippen LogP contribution in [0.1, 0.15) is 39.5 Å². The van der Waals surface area contributed by atoms with Gasteiger partial charge in [0.1, 0.15) is 0 Å². The molecule has 1 aliphatic carbocycles. The van der Waals surface area contributed by atoms with E-state index < -0.39 is 0 Å². The fraction of sp³-hybridized carbons (Fsp3) is 0.923. The summed E-state index contributed by atoms with van der Waals surface area (Å²) in [6, 6.07) is 0.129. The number of amides is 1. The molecule has 1 amide bonds. The van der Waals surface area contributed by atoms with Crippen molar-refractivity contribution in [1.29, 1.82) is 0 Å². The first kappa shape index (κ1) is 12.8. The molecule has 2 aliphatic rings. The number of hydrogen-bond acceptors (Lipinski definition) is 3. The molecule has 5 unspecified atom stereocenters. The smallest absolute Gasteiger partial charge is 0.223 e. The number of ether oxygens (including phenoxy) is 1. The Kier molecular flexibility index (Phi) is 4.05. The van der Waals surface area contributed by atoms with Crippen molar-refractivity contribution in [2.24, 2.45) is 17.6 Å². The molecule has 98 valence electrons. The highest BCUT2D eigenvalue weighted by Gasteiger charge is 2.52. The maximum absolute atomic E-state index is 12.0. The van der Waals surface area contributed by atoms with Gasteiger partial charge in [-0.2, -0.15) is 0 Å². The quantitative estimate of drug-likeness (QED) is 0.755. The topological polar surface area (TPSA) is 64.4 Å². The van der Waals surface area contributed by atoms with Gasteiger partial charge in [-0.15, -0.1) is 0 Å². The molecule has 5 atom stereocenters. The summed E-state index contributed by atoms with van der Waals surface area (Å²) in [7, 11) is 0. The second-order valence-electron chi connectivity index (χ2n) is 5.44. The summed E-state index contributed by atoms with van der Waals surface area (Å²) in [6.07, 6.45) is 4.41. The van der Waals surface area contributed by atoms with Gasteiger partial charge >= 0.3 is 0 Å². The zero-order chi connectivity index (χ0) is 12.4. The Bertz CT molecular complexity index is 283. The maximum atomic E-state index is 12.0. The number of unbranched alkanes of at least 4 members (excludes halogenated alkanes) is 1. The van der Waals surface area contributed by atoms with E-state index in [-0.39, 0.29) is 30.0 Å². The van der Waals surface area contributed by atoms with Gasteiger partial charge in [-0.25, -0.2) is 0 Å². The van der Waals surface area contributed by atoms with Crippen molar-refractivity contribution in [3.63, 3.8) is 0 Å². The van der Waals surface area contributed by atoms with Crippen molar-refractivity contribution in [2.45, 2.75) is 57.7 Å². The lowest BCUT2D eigenvalue weighted by atomic mass is 9.72. The molecule has 4 nitrogen and oxygen atoms in total. The third-order valence-electron chi connectivity index (χ3n) is 4.19. The molecular formula is C13H24N2O2. The molecule has 3 N–H and O–H groups in total. The normalized spacial score (nSPS) is 37.1. The predicted octanol–water partition coefficient (Wildman–Crippen LogP) is 1.04. The average molecular weight is 240 g/mol. The molecular weight excluding hydrogens is 216 g/mol. The number of fused-ring (bicyclic) bond motifs is 1. The molecule has 1 aliphatic heterocycles. The molecule has 0 radical (unpaired) electrons. The van der Waals surface area contributed by atoms with Crippen LogP contribution in [0.4, 0.5) is 0 Å². The Morgan fingerprint density at radius 3 is 3.06 bits per heavy atom. The van der Waals surface area contributed by atoms with Crippen LogP contribution < -0.4 is 11.1 Å². The second kappa shape index (κ2) is 5.36. The van der Waals surface area contributed by atoms with Crippen molar-refractivity contribution in [2.75, 3.05) is 6.61 Å². The lowest BCUT2D eigenvalue weighted by Gasteiger charge is -2.45. The van der Waals surface area contributed by atoms with Gasteiger partial charge in [0.25, 0.3) is 0 Å². The van der Waals surface area contributed by atoms with Crippen LogP contribution in [0, 0.1) is 11.8 Å². The molecule has 0 spiro atoms. The standard InChI is InChI=1S/C13H24N2O2/c1-3-4-5-8(2)13(16)15-11-10(14)9-6-7-17-12(9)11/h8-12H,3-7,14H2,1-2H3,(H,15,16). The molecule has 0 aromatic carbocycles. The van der Waals surface area contributed by atoms with Gasteiger partial charge in [-0.1, -0.05) is 26.7 Å². The average Bonchev–Trinajstić information content (AvgIpc) is 2.77. The summed E-state index contributed by atoms with van der Waals surface area (Å²) in [5, 5.41) is 3.06. The summed E-state index contributed by atoms with van der Waals surface area (Å²) in [5.74, 6) is 0.682. The molecule has 0 aromatic heterocycles. The number of carbonyl (C=O) groups is 1. The van der Waals surface area contributed by atoms with Crippen molar-refractivity contribution >= 4 is 5.91 Å². The summed E-state index contributed by atoms with van der Waals surface area (Å²) >= 11 is 0. The van der Waals surface area contributed by atoms with Crippen LogP contribution in [0.15, 0.2) is 0 Å². The molecule has 0 aromatic rings. The van der Waals surface area contributed by atoms with E-state index in [2.05, 4.69) is 12.2 Å². The van der Waals surface area contributed by atoms with E-state index in [1.165, 1.54) is 0 Å². The lowest BCUT2D eigenvalue weighted by Crippen LogP contribution is -2.69. The van der Waals surface area contributed by atoms with Gasteiger partial charge in [0.2, 0.25) is 5.91 Å². The third kappa shape index (κ3) is 2.47. The van der Waals surface area contributed by atoms with Crippen molar-refractivity contribution in [1.82, 2.24) is 5.32 Å². The number of nitrogens with two attached hydrogens (primary N) is 1. The van der Waals surface area contributed by atoms with Crippen LogP contribution in [0.25, 0.3) is 0 Å². The number of rotatable bonds is 5. The van der Waals surface area contributed by atoms with Gasteiger partial charge in [-0.3, -0.25) is 4.79 Å². The molecule has 1 saturated carbocycles. The van der Waals surface area contributed by atoms with Gasteiger partial charge < -0.3 is 15.8 Å². The van der Waals surface area contributed by atoms with Crippen LogP contribution in [-0.2, 0) is 9.53 Å². The first-order valence-corrected chi connectivity index (χ1v) is 6.82. The van der Waals surface area contributed by atoms with Crippen LogP contribution >= 0.6 is 0 Å². The highest BCUT2D eigenvalue weighted by Crippen LogP contribution is 2.37. The molecule has 2 rings (SSSR count). The second-order valence-corrected chi connectivity index (χ2v) is 5.44. The molecule has 0 bridgehead atoms. The molecule has 1 heterocycles. The zero-order valence-electron chi connectivity index (χ0n) is 10.8. The van der Waals surface area contributed by atoms with Crippen molar-refractivity contribution in [3.05, 3.63) is 0 Å². The van der Waals surface area contributed by atoms with E-state index in [9.17, 15) is 4.79 Å². The van der Waals surface area contributed by atoms with E-state index in [1.54, 1.807) is 0 Å². The monoisotopic (exact) mass is 240 g/mol. The van der Waals surface area contributed by atoms with E-state index in [0.29, 0.717) is 5.92 Å². The minimum absolute atomic E-state index is 0.0408. The van der Waals surface area contributed by atoms with E-state index in [0.717, 1.165) is 32.3 Å². The Morgan fingerprint density at radius 2 is 2.35 bits per heavy atom. The minimum Gasteiger partial charge on any atom is -0.376 e. The lowest BCUT2D eigenvalue weighted by molar-refractivity contribution is -0.129. The summed E-state index contributed by atoms with van der Waals surface area (Å²) in [6.45, 7) is 4.92. The molecule has 2 fully saturated rings.